The molecule has 0 spiro atoms. The normalized spacial score (nSPS) is 15.3. The molecular formula is C16H18N4O3. The van der Waals surface area contributed by atoms with E-state index >= 15 is 0 Å². The molecule has 3 heterocycles. The van der Waals surface area contributed by atoms with Gasteiger partial charge in [0.15, 0.2) is 0 Å². The predicted molar refractivity (Wildman–Crippen MR) is 81.9 cm³/mol. The first-order chi connectivity index (χ1) is 11.1. The third-order valence-electron chi connectivity index (χ3n) is 3.84. The molecular weight excluding hydrogens is 296 g/mol. The quantitative estimate of drug-likeness (QED) is 0.836. The minimum absolute atomic E-state index is 0.0304. The summed E-state index contributed by atoms with van der Waals surface area (Å²) in [5.74, 6) is 0.0393. The van der Waals surface area contributed by atoms with E-state index in [0.29, 0.717) is 37.4 Å². The Kier molecular flexibility index (Phi) is 4.36. The van der Waals surface area contributed by atoms with E-state index in [1.807, 2.05) is 0 Å². The number of rotatable bonds is 2. The SMILES string of the molecule is Cc1cc(C(=O)N2CCCN(C(=O)c3ccncc3)CC2)on1. The van der Waals surface area contributed by atoms with Crippen LogP contribution in [0.4, 0.5) is 0 Å². The van der Waals surface area contributed by atoms with Crippen LogP contribution in [0, 0.1) is 6.92 Å². The molecule has 1 aliphatic rings. The summed E-state index contributed by atoms with van der Waals surface area (Å²) in [6.45, 7) is 3.98. The van der Waals surface area contributed by atoms with Crippen LogP contribution < -0.4 is 0 Å². The monoisotopic (exact) mass is 314 g/mol. The number of hydrogen-bond acceptors (Lipinski definition) is 5. The standard InChI is InChI=1S/C16H18N4O3/c1-12-11-14(23-18-12)16(22)20-8-2-7-19(9-10-20)15(21)13-3-5-17-6-4-13/h3-6,11H,2,7-10H2,1H3. The third kappa shape index (κ3) is 3.39. The lowest BCUT2D eigenvalue weighted by atomic mass is 10.2. The van der Waals surface area contributed by atoms with E-state index < -0.39 is 0 Å². The highest BCUT2D eigenvalue weighted by atomic mass is 16.5. The van der Waals surface area contributed by atoms with Gasteiger partial charge in [0.1, 0.15) is 0 Å². The van der Waals surface area contributed by atoms with Crippen molar-refractivity contribution in [2.75, 3.05) is 26.2 Å². The summed E-state index contributed by atoms with van der Waals surface area (Å²) in [5, 5.41) is 3.75. The molecule has 23 heavy (non-hydrogen) atoms. The molecule has 0 N–H and O–H groups in total. The van der Waals surface area contributed by atoms with E-state index in [-0.39, 0.29) is 17.6 Å². The molecule has 1 fully saturated rings. The molecule has 120 valence electrons. The Balaban J connectivity index is 1.65. The Morgan fingerprint density at radius 1 is 1.04 bits per heavy atom. The molecule has 0 saturated carbocycles. The molecule has 2 amide bonds. The summed E-state index contributed by atoms with van der Waals surface area (Å²) in [5.41, 5.74) is 1.29. The van der Waals surface area contributed by atoms with E-state index in [1.54, 1.807) is 47.3 Å². The Morgan fingerprint density at radius 2 is 1.70 bits per heavy atom. The topological polar surface area (TPSA) is 79.5 Å². The van der Waals surface area contributed by atoms with Crippen LogP contribution in [0.5, 0.6) is 0 Å². The van der Waals surface area contributed by atoms with Crippen LogP contribution in [0.1, 0.15) is 33.0 Å². The van der Waals surface area contributed by atoms with Gasteiger partial charge in [-0.05, 0) is 25.5 Å². The van der Waals surface area contributed by atoms with Gasteiger partial charge in [-0.1, -0.05) is 5.16 Å². The number of pyridine rings is 1. The van der Waals surface area contributed by atoms with Crippen LogP contribution in [0.15, 0.2) is 35.1 Å². The maximum atomic E-state index is 12.5. The average molecular weight is 314 g/mol. The molecule has 2 aromatic heterocycles. The van der Waals surface area contributed by atoms with Crippen LogP contribution in [0.3, 0.4) is 0 Å². The number of amides is 2. The second kappa shape index (κ2) is 6.60. The fourth-order valence-electron chi connectivity index (χ4n) is 2.62. The van der Waals surface area contributed by atoms with Crippen molar-refractivity contribution in [2.45, 2.75) is 13.3 Å². The predicted octanol–water partition coefficient (Wildman–Crippen LogP) is 1.37. The van der Waals surface area contributed by atoms with Gasteiger partial charge >= 0.3 is 0 Å². The Morgan fingerprint density at radius 3 is 2.30 bits per heavy atom. The number of carbonyl (C=O) groups excluding carboxylic acids is 2. The molecule has 7 nitrogen and oxygen atoms in total. The molecule has 0 unspecified atom stereocenters. The van der Waals surface area contributed by atoms with Crippen LogP contribution in [0.25, 0.3) is 0 Å². The first kappa shape index (κ1) is 15.2. The fourth-order valence-corrected chi connectivity index (χ4v) is 2.62. The first-order valence-electron chi connectivity index (χ1n) is 7.57. The summed E-state index contributed by atoms with van der Waals surface area (Å²) in [4.78, 5) is 32.3. The zero-order chi connectivity index (χ0) is 16.2. The highest BCUT2D eigenvalue weighted by molar-refractivity contribution is 5.94. The second-order valence-corrected chi connectivity index (χ2v) is 5.51. The molecule has 0 bridgehead atoms. The van der Waals surface area contributed by atoms with Crippen molar-refractivity contribution in [1.82, 2.24) is 19.9 Å². The Hall–Kier alpha value is -2.70. The maximum Gasteiger partial charge on any atom is 0.292 e. The van der Waals surface area contributed by atoms with Crippen LogP contribution in [0.2, 0.25) is 0 Å². The lowest BCUT2D eigenvalue weighted by Crippen LogP contribution is -2.37. The molecule has 0 aliphatic carbocycles. The van der Waals surface area contributed by atoms with Gasteiger partial charge in [0.05, 0.1) is 5.69 Å². The molecule has 7 heteroatoms. The molecule has 0 radical (unpaired) electrons. The largest absolute Gasteiger partial charge is 0.351 e. The fraction of sp³-hybridized carbons (Fsp3) is 0.375. The van der Waals surface area contributed by atoms with Crippen molar-refractivity contribution in [3.8, 4) is 0 Å². The van der Waals surface area contributed by atoms with E-state index in [1.165, 1.54) is 0 Å². The van der Waals surface area contributed by atoms with E-state index in [0.717, 1.165) is 6.42 Å². The van der Waals surface area contributed by atoms with Crippen molar-refractivity contribution >= 4 is 11.8 Å². The van der Waals surface area contributed by atoms with Crippen LogP contribution >= 0.6 is 0 Å². The van der Waals surface area contributed by atoms with Gasteiger partial charge in [0, 0.05) is 50.2 Å². The van der Waals surface area contributed by atoms with Crippen molar-refractivity contribution in [3.63, 3.8) is 0 Å². The summed E-state index contributed by atoms with van der Waals surface area (Å²) < 4.78 is 5.04. The van der Waals surface area contributed by atoms with Gasteiger partial charge in [-0.15, -0.1) is 0 Å². The van der Waals surface area contributed by atoms with Gasteiger partial charge in [-0.2, -0.15) is 0 Å². The average Bonchev–Trinajstić information content (AvgIpc) is 2.87. The Bertz CT molecular complexity index is 698. The summed E-state index contributed by atoms with van der Waals surface area (Å²) in [6.07, 6.45) is 3.94. The van der Waals surface area contributed by atoms with Gasteiger partial charge in [0.25, 0.3) is 11.8 Å². The number of nitrogens with zero attached hydrogens (tertiary/aromatic N) is 4. The smallest absolute Gasteiger partial charge is 0.292 e. The molecule has 0 aromatic carbocycles. The lowest BCUT2D eigenvalue weighted by Gasteiger charge is -2.21. The third-order valence-corrected chi connectivity index (χ3v) is 3.84. The minimum atomic E-state index is -0.177. The van der Waals surface area contributed by atoms with Gasteiger partial charge in [0.2, 0.25) is 5.76 Å². The lowest BCUT2D eigenvalue weighted by molar-refractivity contribution is 0.0693. The number of hydrogen-bond donors (Lipinski definition) is 0. The van der Waals surface area contributed by atoms with Gasteiger partial charge in [-0.25, -0.2) is 0 Å². The number of aromatic nitrogens is 2. The van der Waals surface area contributed by atoms with Crippen molar-refractivity contribution in [2.24, 2.45) is 0 Å². The van der Waals surface area contributed by atoms with E-state index in [4.69, 9.17) is 4.52 Å². The van der Waals surface area contributed by atoms with E-state index in [2.05, 4.69) is 10.1 Å². The van der Waals surface area contributed by atoms with Gasteiger partial charge < -0.3 is 14.3 Å². The molecule has 3 rings (SSSR count). The number of aryl methyl sites for hydroxylation is 1. The van der Waals surface area contributed by atoms with E-state index in [9.17, 15) is 9.59 Å². The zero-order valence-corrected chi connectivity index (χ0v) is 12.9. The molecule has 1 aliphatic heterocycles. The summed E-state index contributed by atoms with van der Waals surface area (Å²) in [7, 11) is 0. The van der Waals surface area contributed by atoms with Crippen molar-refractivity contribution in [1.29, 1.82) is 0 Å². The summed E-state index contributed by atoms with van der Waals surface area (Å²) in [6, 6.07) is 5.04. The minimum Gasteiger partial charge on any atom is -0.351 e. The Labute approximate surface area is 133 Å². The van der Waals surface area contributed by atoms with Crippen LogP contribution in [-0.2, 0) is 0 Å². The molecule has 1 saturated heterocycles. The second-order valence-electron chi connectivity index (χ2n) is 5.51. The first-order valence-corrected chi connectivity index (χ1v) is 7.57. The molecule has 2 aromatic rings. The zero-order valence-electron chi connectivity index (χ0n) is 12.9. The van der Waals surface area contributed by atoms with Gasteiger partial charge in [-0.3, -0.25) is 14.6 Å². The molecule has 0 atom stereocenters. The number of carbonyl (C=O) groups is 2. The maximum absolute atomic E-state index is 12.5. The highest BCUT2D eigenvalue weighted by Crippen LogP contribution is 2.12. The highest BCUT2D eigenvalue weighted by Gasteiger charge is 2.25. The van der Waals surface area contributed by atoms with Crippen molar-refractivity contribution < 1.29 is 14.1 Å². The van der Waals surface area contributed by atoms with Crippen LogP contribution in [-0.4, -0.2) is 57.9 Å². The van der Waals surface area contributed by atoms with Crippen molar-refractivity contribution in [3.05, 3.63) is 47.6 Å². The summed E-state index contributed by atoms with van der Waals surface area (Å²) >= 11 is 0.